The van der Waals surface area contributed by atoms with Gasteiger partial charge in [-0.05, 0) is 36.4 Å². The summed E-state index contributed by atoms with van der Waals surface area (Å²) >= 11 is 0. The van der Waals surface area contributed by atoms with Crippen LogP contribution in [0.1, 0.15) is 18.6 Å². The Morgan fingerprint density at radius 1 is 1.04 bits per heavy atom. The largest absolute Gasteiger partial charge is 0.484 e. The van der Waals surface area contributed by atoms with Gasteiger partial charge in [0.05, 0.1) is 10.9 Å². The summed E-state index contributed by atoms with van der Waals surface area (Å²) in [7, 11) is 0. The maximum absolute atomic E-state index is 14.1. The van der Waals surface area contributed by atoms with Crippen molar-refractivity contribution in [1.29, 1.82) is 0 Å². The smallest absolute Gasteiger partial charge is 0.264 e. The molecule has 0 saturated heterocycles. The van der Waals surface area contributed by atoms with E-state index in [1.54, 1.807) is 36.4 Å². The quantitative estimate of drug-likeness (QED) is 0.508. The van der Waals surface area contributed by atoms with Gasteiger partial charge in [0.25, 0.3) is 5.89 Å². The van der Waals surface area contributed by atoms with Crippen LogP contribution in [0.2, 0.25) is 0 Å². The molecule has 0 amide bonds. The zero-order valence-corrected chi connectivity index (χ0v) is 14.4. The Hall–Kier alpha value is -3.55. The lowest BCUT2D eigenvalue weighted by Gasteiger charge is -2.09. The van der Waals surface area contributed by atoms with Gasteiger partial charge in [-0.25, -0.2) is 14.4 Å². The van der Waals surface area contributed by atoms with Crippen LogP contribution >= 0.6 is 0 Å². The van der Waals surface area contributed by atoms with E-state index in [4.69, 9.17) is 14.0 Å². The number of aryl methyl sites for hydroxylation is 1. The summed E-state index contributed by atoms with van der Waals surface area (Å²) in [5.41, 5.74) is 0.478. The molecule has 4 rings (SSSR count). The third-order valence-corrected chi connectivity index (χ3v) is 3.80. The van der Waals surface area contributed by atoms with Crippen molar-refractivity contribution < 1.29 is 18.4 Å². The number of hydrogen-bond acceptors (Lipinski definition) is 7. The van der Waals surface area contributed by atoms with E-state index in [0.717, 1.165) is 0 Å². The maximum Gasteiger partial charge on any atom is 0.264 e. The van der Waals surface area contributed by atoms with Gasteiger partial charge in [-0.15, -0.1) is 0 Å². The lowest BCUT2D eigenvalue weighted by atomic mass is 10.2. The highest BCUT2D eigenvalue weighted by molar-refractivity contribution is 5.84. The number of nitrogens with zero attached hydrogens (tertiary/aromatic N) is 4. The molecule has 0 aliphatic rings. The molecule has 0 aliphatic carbocycles. The van der Waals surface area contributed by atoms with Gasteiger partial charge >= 0.3 is 0 Å². The van der Waals surface area contributed by atoms with Crippen LogP contribution in [0.3, 0.4) is 0 Å². The molecule has 0 unspecified atom stereocenters. The second kappa shape index (κ2) is 7.36. The van der Waals surface area contributed by atoms with Gasteiger partial charge < -0.3 is 14.0 Å². The van der Waals surface area contributed by atoms with Gasteiger partial charge in [0.1, 0.15) is 23.6 Å². The summed E-state index contributed by atoms with van der Waals surface area (Å²) in [4.78, 5) is 12.3. The monoisotopic (exact) mass is 366 g/mol. The van der Waals surface area contributed by atoms with Crippen molar-refractivity contribution in [3.63, 3.8) is 0 Å². The first kappa shape index (κ1) is 16.9. The van der Waals surface area contributed by atoms with Gasteiger partial charge in [-0.3, -0.25) is 0 Å². The molecule has 0 saturated carbocycles. The zero-order valence-electron chi connectivity index (χ0n) is 14.4. The van der Waals surface area contributed by atoms with Crippen molar-refractivity contribution in [1.82, 2.24) is 20.1 Å². The van der Waals surface area contributed by atoms with Crippen molar-refractivity contribution >= 4 is 10.9 Å². The minimum absolute atomic E-state index is 0.157. The van der Waals surface area contributed by atoms with Crippen LogP contribution in [0.25, 0.3) is 10.9 Å². The Labute approximate surface area is 153 Å². The first-order valence-corrected chi connectivity index (χ1v) is 8.34. The molecule has 0 aliphatic heterocycles. The molecule has 4 aromatic rings. The van der Waals surface area contributed by atoms with E-state index in [2.05, 4.69) is 20.1 Å². The summed E-state index contributed by atoms with van der Waals surface area (Å²) in [6, 6.07) is 11.5. The highest BCUT2D eigenvalue weighted by Crippen LogP contribution is 2.29. The standard InChI is InChI=1S/C19H15FN4O3/c1-2-16-23-17(27-24-16)10-25-12-6-8-13(9-7-12)26-19-18-14(20)4-3-5-15(18)21-11-22-19/h3-9,11H,2,10H2,1H3. The molecule has 0 fully saturated rings. The fourth-order valence-electron chi connectivity index (χ4n) is 2.47. The third kappa shape index (κ3) is 3.69. The molecule has 2 aromatic carbocycles. The number of fused-ring (bicyclic) bond motifs is 1. The van der Waals surface area contributed by atoms with Crippen molar-refractivity contribution in [2.24, 2.45) is 0 Å². The lowest BCUT2D eigenvalue weighted by Crippen LogP contribution is -1.96. The Balaban J connectivity index is 1.47. The van der Waals surface area contributed by atoms with Crippen LogP contribution in [0.5, 0.6) is 17.4 Å². The number of hydrogen-bond donors (Lipinski definition) is 0. The molecule has 136 valence electrons. The van der Waals surface area contributed by atoms with E-state index in [-0.39, 0.29) is 17.9 Å². The average Bonchev–Trinajstić information content (AvgIpc) is 3.16. The predicted octanol–water partition coefficient (Wildman–Crippen LogP) is 4.09. The molecule has 27 heavy (non-hydrogen) atoms. The Bertz CT molecular complexity index is 1060. The van der Waals surface area contributed by atoms with Crippen molar-refractivity contribution in [3.8, 4) is 17.4 Å². The summed E-state index contributed by atoms with van der Waals surface area (Å²) in [5.74, 6) is 1.88. The average molecular weight is 366 g/mol. The SMILES string of the molecule is CCc1noc(COc2ccc(Oc3ncnc4cccc(F)c34)cc2)n1. The second-order valence-electron chi connectivity index (χ2n) is 5.63. The fraction of sp³-hybridized carbons (Fsp3) is 0.158. The van der Waals surface area contributed by atoms with Gasteiger partial charge in [0.2, 0.25) is 5.88 Å². The molecule has 8 heteroatoms. The Morgan fingerprint density at radius 3 is 2.63 bits per heavy atom. The van der Waals surface area contributed by atoms with Crippen molar-refractivity contribution in [2.75, 3.05) is 0 Å². The molecule has 0 bridgehead atoms. The number of benzene rings is 2. The van der Waals surface area contributed by atoms with E-state index in [1.807, 2.05) is 6.92 Å². The molecule has 2 heterocycles. The summed E-state index contributed by atoms with van der Waals surface area (Å²) in [5, 5.41) is 4.05. The minimum atomic E-state index is -0.436. The molecule has 0 spiro atoms. The van der Waals surface area contributed by atoms with E-state index < -0.39 is 5.82 Å². The molecule has 7 nitrogen and oxygen atoms in total. The first-order chi connectivity index (χ1) is 13.2. The number of rotatable bonds is 6. The number of halogens is 1. The highest BCUT2D eigenvalue weighted by Gasteiger charge is 2.11. The molecule has 0 N–H and O–H groups in total. The van der Waals surface area contributed by atoms with E-state index in [0.29, 0.717) is 35.2 Å². The normalized spacial score (nSPS) is 10.9. The molecular formula is C19H15FN4O3. The molecular weight excluding hydrogens is 351 g/mol. The minimum Gasteiger partial charge on any atom is -0.484 e. The van der Waals surface area contributed by atoms with E-state index in [9.17, 15) is 4.39 Å². The fourth-order valence-corrected chi connectivity index (χ4v) is 2.47. The van der Waals surface area contributed by atoms with Crippen LogP contribution in [0.15, 0.2) is 53.3 Å². The van der Waals surface area contributed by atoms with Crippen LogP contribution in [0, 0.1) is 5.82 Å². The van der Waals surface area contributed by atoms with E-state index in [1.165, 1.54) is 12.4 Å². The predicted molar refractivity (Wildman–Crippen MR) is 94.0 cm³/mol. The van der Waals surface area contributed by atoms with Crippen LogP contribution < -0.4 is 9.47 Å². The molecule has 0 atom stereocenters. The number of ether oxygens (including phenoxy) is 2. The lowest BCUT2D eigenvalue weighted by molar-refractivity contribution is 0.242. The van der Waals surface area contributed by atoms with Crippen LogP contribution in [-0.2, 0) is 13.0 Å². The highest BCUT2D eigenvalue weighted by atomic mass is 19.1. The Morgan fingerprint density at radius 2 is 1.85 bits per heavy atom. The van der Waals surface area contributed by atoms with E-state index >= 15 is 0 Å². The first-order valence-electron chi connectivity index (χ1n) is 8.34. The molecule has 0 radical (unpaired) electrons. The van der Waals surface area contributed by atoms with Gasteiger partial charge in [0, 0.05) is 6.42 Å². The van der Waals surface area contributed by atoms with Crippen molar-refractivity contribution in [3.05, 3.63) is 66.3 Å². The van der Waals surface area contributed by atoms with Crippen LogP contribution in [-0.4, -0.2) is 20.1 Å². The topological polar surface area (TPSA) is 83.2 Å². The molecule has 2 aromatic heterocycles. The third-order valence-electron chi connectivity index (χ3n) is 3.80. The van der Waals surface area contributed by atoms with Gasteiger partial charge in [0.15, 0.2) is 12.4 Å². The zero-order chi connectivity index (χ0) is 18.6. The van der Waals surface area contributed by atoms with Gasteiger partial charge in [-0.2, -0.15) is 4.98 Å². The van der Waals surface area contributed by atoms with Crippen LogP contribution in [0.4, 0.5) is 4.39 Å². The summed E-state index contributed by atoms with van der Waals surface area (Å²) < 4.78 is 30.5. The summed E-state index contributed by atoms with van der Waals surface area (Å²) in [6.07, 6.45) is 2.04. The summed E-state index contributed by atoms with van der Waals surface area (Å²) in [6.45, 7) is 2.12. The Kier molecular flexibility index (Phi) is 4.61. The maximum atomic E-state index is 14.1. The van der Waals surface area contributed by atoms with Gasteiger partial charge in [-0.1, -0.05) is 18.1 Å². The number of aromatic nitrogens is 4. The van der Waals surface area contributed by atoms with Crippen molar-refractivity contribution in [2.45, 2.75) is 20.0 Å². The second-order valence-corrected chi connectivity index (χ2v) is 5.63.